The Hall–Kier alpha value is -1.28. The maximum absolute atomic E-state index is 8.68. The van der Waals surface area contributed by atoms with Gasteiger partial charge in [-0.05, 0) is 18.6 Å². The van der Waals surface area contributed by atoms with Crippen LogP contribution in [0.1, 0.15) is 19.8 Å². The van der Waals surface area contributed by atoms with E-state index < -0.39 is 0 Å². The highest BCUT2D eigenvalue weighted by atomic mass is 32.2. The molecule has 1 aromatic heterocycles. The van der Waals surface area contributed by atoms with Crippen LogP contribution < -0.4 is 15.4 Å². The highest BCUT2D eigenvalue weighted by Gasteiger charge is 2.05. The van der Waals surface area contributed by atoms with E-state index in [1.807, 2.05) is 0 Å². The first-order chi connectivity index (χ1) is 9.80. The standard InChI is InChI=1S/C12H23N5O2S/c1-3-5-13-10-15-11(17-12(16-10)19-2)14-6-9-20-8-4-7-18/h18H,3-9H2,1-2H3,(H2,13,14,15,16,17). The van der Waals surface area contributed by atoms with E-state index in [0.717, 1.165) is 37.4 Å². The van der Waals surface area contributed by atoms with Crippen LogP contribution in [0.4, 0.5) is 11.9 Å². The van der Waals surface area contributed by atoms with Gasteiger partial charge in [-0.3, -0.25) is 0 Å². The summed E-state index contributed by atoms with van der Waals surface area (Å²) in [5.41, 5.74) is 0. The maximum Gasteiger partial charge on any atom is 0.322 e. The summed E-state index contributed by atoms with van der Waals surface area (Å²) >= 11 is 1.78. The van der Waals surface area contributed by atoms with E-state index in [9.17, 15) is 0 Å². The molecule has 0 atom stereocenters. The molecule has 0 amide bonds. The number of thioether (sulfide) groups is 1. The van der Waals surface area contributed by atoms with Crippen molar-refractivity contribution in [3.63, 3.8) is 0 Å². The molecule has 0 aliphatic heterocycles. The fourth-order valence-electron chi connectivity index (χ4n) is 1.35. The molecule has 114 valence electrons. The molecule has 0 saturated carbocycles. The van der Waals surface area contributed by atoms with Gasteiger partial charge in [-0.1, -0.05) is 6.92 Å². The van der Waals surface area contributed by atoms with Crippen molar-refractivity contribution in [2.45, 2.75) is 19.8 Å². The van der Waals surface area contributed by atoms with Crippen LogP contribution in [0.2, 0.25) is 0 Å². The van der Waals surface area contributed by atoms with Crippen molar-refractivity contribution < 1.29 is 9.84 Å². The van der Waals surface area contributed by atoms with E-state index in [1.165, 1.54) is 7.11 Å². The smallest absolute Gasteiger partial charge is 0.322 e. The number of anilines is 2. The lowest BCUT2D eigenvalue weighted by molar-refractivity contribution is 0.296. The van der Waals surface area contributed by atoms with Crippen LogP contribution in [-0.2, 0) is 0 Å². The van der Waals surface area contributed by atoms with Gasteiger partial charge in [0, 0.05) is 25.4 Å². The molecule has 0 saturated heterocycles. The molecule has 1 heterocycles. The third-order valence-corrected chi connectivity index (χ3v) is 3.38. The van der Waals surface area contributed by atoms with Gasteiger partial charge in [0.1, 0.15) is 0 Å². The second kappa shape index (κ2) is 10.5. The van der Waals surface area contributed by atoms with Crippen LogP contribution >= 0.6 is 11.8 Å². The van der Waals surface area contributed by atoms with Gasteiger partial charge in [-0.2, -0.15) is 26.7 Å². The molecule has 8 heteroatoms. The molecule has 0 aliphatic rings. The molecule has 0 radical (unpaired) electrons. The Balaban J connectivity index is 2.42. The lowest BCUT2D eigenvalue weighted by atomic mass is 10.5. The van der Waals surface area contributed by atoms with E-state index in [4.69, 9.17) is 9.84 Å². The Morgan fingerprint density at radius 2 is 1.80 bits per heavy atom. The van der Waals surface area contributed by atoms with Crippen molar-refractivity contribution in [1.82, 2.24) is 15.0 Å². The van der Waals surface area contributed by atoms with E-state index in [1.54, 1.807) is 11.8 Å². The lowest BCUT2D eigenvalue weighted by Gasteiger charge is -2.08. The number of hydrogen-bond acceptors (Lipinski definition) is 8. The molecule has 1 rings (SSSR count). The number of methoxy groups -OCH3 is 1. The highest BCUT2D eigenvalue weighted by Crippen LogP contribution is 2.11. The van der Waals surface area contributed by atoms with Gasteiger partial charge < -0.3 is 20.5 Å². The van der Waals surface area contributed by atoms with Gasteiger partial charge in [-0.15, -0.1) is 0 Å². The molecule has 7 nitrogen and oxygen atoms in total. The first-order valence-corrected chi connectivity index (χ1v) is 7.92. The predicted octanol–water partition coefficient (Wildman–Crippen LogP) is 1.23. The monoisotopic (exact) mass is 301 g/mol. The Bertz CT molecular complexity index is 381. The van der Waals surface area contributed by atoms with Crippen molar-refractivity contribution in [3.8, 4) is 6.01 Å². The molecule has 20 heavy (non-hydrogen) atoms. The van der Waals surface area contributed by atoms with Gasteiger partial charge in [0.2, 0.25) is 11.9 Å². The molecule has 1 aromatic rings. The fraction of sp³-hybridized carbons (Fsp3) is 0.750. The third kappa shape index (κ3) is 6.76. The minimum absolute atomic E-state index is 0.248. The van der Waals surface area contributed by atoms with E-state index >= 15 is 0 Å². The molecule has 0 aromatic carbocycles. The van der Waals surface area contributed by atoms with Crippen LogP contribution in [0.25, 0.3) is 0 Å². The number of aromatic nitrogens is 3. The quantitative estimate of drug-likeness (QED) is 0.526. The summed E-state index contributed by atoms with van der Waals surface area (Å²) in [5, 5.41) is 14.9. The van der Waals surface area contributed by atoms with Crippen molar-refractivity contribution in [3.05, 3.63) is 0 Å². The summed E-state index contributed by atoms with van der Waals surface area (Å²) in [7, 11) is 1.54. The Kier molecular flexibility index (Phi) is 8.81. The zero-order valence-electron chi connectivity index (χ0n) is 12.1. The maximum atomic E-state index is 8.68. The number of rotatable bonds is 11. The van der Waals surface area contributed by atoms with Crippen LogP contribution in [0.15, 0.2) is 0 Å². The van der Waals surface area contributed by atoms with Crippen LogP contribution in [0, 0.1) is 0 Å². The molecule has 0 aliphatic carbocycles. The SMILES string of the molecule is CCCNc1nc(NCCSCCCO)nc(OC)n1. The fourth-order valence-corrected chi connectivity index (χ4v) is 2.13. The van der Waals surface area contributed by atoms with Crippen molar-refractivity contribution in [1.29, 1.82) is 0 Å². The molecule has 0 spiro atoms. The summed E-state index contributed by atoms with van der Waals surface area (Å²) in [4.78, 5) is 12.6. The van der Waals surface area contributed by atoms with Crippen LogP contribution in [0.5, 0.6) is 6.01 Å². The number of hydrogen-bond donors (Lipinski definition) is 3. The summed E-state index contributed by atoms with van der Waals surface area (Å²) < 4.78 is 5.06. The molecule has 0 unspecified atom stereocenters. The number of aliphatic hydroxyl groups is 1. The van der Waals surface area contributed by atoms with Gasteiger partial charge in [0.15, 0.2) is 0 Å². The Morgan fingerprint density at radius 1 is 1.10 bits per heavy atom. The first-order valence-electron chi connectivity index (χ1n) is 6.76. The normalized spacial score (nSPS) is 10.3. The van der Waals surface area contributed by atoms with Gasteiger partial charge >= 0.3 is 6.01 Å². The lowest BCUT2D eigenvalue weighted by Crippen LogP contribution is -2.12. The molecule has 3 N–H and O–H groups in total. The number of aliphatic hydroxyl groups excluding tert-OH is 1. The topological polar surface area (TPSA) is 92.2 Å². The predicted molar refractivity (Wildman–Crippen MR) is 82.7 cm³/mol. The molecule has 0 bridgehead atoms. The zero-order valence-corrected chi connectivity index (χ0v) is 12.9. The molecule has 0 fully saturated rings. The number of nitrogens with one attached hydrogen (secondary N) is 2. The molecular weight excluding hydrogens is 278 g/mol. The van der Waals surface area contributed by atoms with Gasteiger partial charge in [0.25, 0.3) is 0 Å². The van der Waals surface area contributed by atoms with E-state index in [-0.39, 0.29) is 6.61 Å². The summed E-state index contributed by atoms with van der Waals surface area (Å²) in [6.07, 6.45) is 1.83. The Morgan fingerprint density at radius 3 is 2.40 bits per heavy atom. The van der Waals surface area contributed by atoms with Crippen LogP contribution in [-0.4, -0.2) is 58.4 Å². The zero-order chi connectivity index (χ0) is 14.6. The summed E-state index contributed by atoms with van der Waals surface area (Å²) in [5.74, 6) is 2.93. The second-order valence-corrected chi connectivity index (χ2v) is 5.24. The van der Waals surface area contributed by atoms with Crippen molar-refractivity contribution >= 4 is 23.7 Å². The highest BCUT2D eigenvalue weighted by molar-refractivity contribution is 7.99. The summed E-state index contributed by atoms with van der Waals surface area (Å²) in [6, 6.07) is 0.300. The minimum Gasteiger partial charge on any atom is -0.467 e. The molecular formula is C12H23N5O2S. The van der Waals surface area contributed by atoms with Gasteiger partial charge in [-0.25, -0.2) is 0 Å². The average molecular weight is 301 g/mol. The van der Waals surface area contributed by atoms with Crippen molar-refractivity contribution in [2.24, 2.45) is 0 Å². The number of ether oxygens (including phenoxy) is 1. The largest absolute Gasteiger partial charge is 0.467 e. The minimum atomic E-state index is 0.248. The number of nitrogens with zero attached hydrogens (tertiary/aromatic N) is 3. The second-order valence-electron chi connectivity index (χ2n) is 4.01. The van der Waals surface area contributed by atoms with Crippen LogP contribution in [0.3, 0.4) is 0 Å². The van der Waals surface area contributed by atoms with E-state index in [0.29, 0.717) is 17.9 Å². The first kappa shape index (κ1) is 16.8. The third-order valence-electron chi connectivity index (χ3n) is 2.31. The summed E-state index contributed by atoms with van der Waals surface area (Å²) in [6.45, 7) is 3.89. The average Bonchev–Trinajstić information content (AvgIpc) is 2.48. The Labute approximate surface area is 124 Å². The van der Waals surface area contributed by atoms with E-state index in [2.05, 4.69) is 32.5 Å². The van der Waals surface area contributed by atoms with Gasteiger partial charge in [0.05, 0.1) is 7.11 Å². The van der Waals surface area contributed by atoms with Crippen molar-refractivity contribution in [2.75, 3.05) is 48.9 Å².